The molecule has 0 fully saturated rings. The zero-order valence-electron chi connectivity index (χ0n) is 11.3. The largest absolute Gasteiger partial charge is 0.467 e. The summed E-state index contributed by atoms with van der Waals surface area (Å²) in [7, 11) is 1.51. The molecule has 0 aromatic carbocycles. The summed E-state index contributed by atoms with van der Waals surface area (Å²) in [5, 5.41) is 12.1. The molecule has 2 N–H and O–H groups in total. The zero-order chi connectivity index (χ0) is 13.5. The molecule has 7 nitrogen and oxygen atoms in total. The van der Waals surface area contributed by atoms with Gasteiger partial charge in [-0.15, -0.1) is 0 Å². The van der Waals surface area contributed by atoms with E-state index < -0.39 is 0 Å². The van der Waals surface area contributed by atoms with Crippen LogP contribution in [-0.4, -0.2) is 52.9 Å². The molecule has 1 aromatic heterocycles. The molecule has 0 radical (unpaired) electrons. The molecule has 1 rings (SSSR count). The average molecular weight is 255 g/mol. The highest BCUT2D eigenvalue weighted by molar-refractivity contribution is 5.39. The molecule has 102 valence electrons. The van der Waals surface area contributed by atoms with Crippen molar-refractivity contribution in [2.24, 2.45) is 0 Å². The molecular weight excluding hydrogens is 234 g/mol. The van der Waals surface area contributed by atoms with E-state index >= 15 is 0 Å². The van der Waals surface area contributed by atoms with Crippen molar-refractivity contribution >= 4 is 11.9 Å². The van der Waals surface area contributed by atoms with E-state index in [1.165, 1.54) is 7.11 Å². The summed E-state index contributed by atoms with van der Waals surface area (Å²) in [4.78, 5) is 14.5. The van der Waals surface area contributed by atoms with Crippen LogP contribution in [0.3, 0.4) is 0 Å². The van der Waals surface area contributed by atoms with Crippen molar-refractivity contribution in [2.75, 3.05) is 37.0 Å². The van der Waals surface area contributed by atoms with Gasteiger partial charge < -0.3 is 20.1 Å². The van der Waals surface area contributed by atoms with Crippen molar-refractivity contribution < 1.29 is 9.84 Å². The number of methoxy groups -OCH3 is 1. The third-order valence-electron chi connectivity index (χ3n) is 2.34. The number of anilines is 2. The first kappa shape index (κ1) is 14.4. The molecule has 0 bridgehead atoms. The third-order valence-corrected chi connectivity index (χ3v) is 2.34. The van der Waals surface area contributed by atoms with Gasteiger partial charge in [0.25, 0.3) is 0 Å². The lowest BCUT2D eigenvalue weighted by atomic mass is 10.3. The second-order valence-corrected chi connectivity index (χ2v) is 3.99. The van der Waals surface area contributed by atoms with Crippen LogP contribution in [0.2, 0.25) is 0 Å². The first-order chi connectivity index (χ1) is 8.62. The number of rotatable bonds is 7. The summed E-state index contributed by atoms with van der Waals surface area (Å²) in [6.45, 7) is 7.22. The van der Waals surface area contributed by atoms with Crippen molar-refractivity contribution in [3.8, 4) is 6.01 Å². The van der Waals surface area contributed by atoms with Crippen LogP contribution < -0.4 is 15.0 Å². The molecule has 1 aromatic rings. The van der Waals surface area contributed by atoms with Crippen LogP contribution >= 0.6 is 0 Å². The molecule has 0 spiro atoms. The number of hydrogen-bond acceptors (Lipinski definition) is 7. The Bertz CT molecular complexity index is 372. The molecule has 7 heteroatoms. The standard InChI is InChI=1S/C11H21N5O2/c1-5-12-9-13-10(15-11(14-9)18-4)16(6-7-17)8(2)3/h8,17H,5-7H2,1-4H3,(H,12,13,14,15). The lowest BCUT2D eigenvalue weighted by molar-refractivity contribution is 0.297. The molecule has 18 heavy (non-hydrogen) atoms. The van der Waals surface area contributed by atoms with Crippen molar-refractivity contribution in [2.45, 2.75) is 26.8 Å². The molecule has 0 aliphatic carbocycles. The van der Waals surface area contributed by atoms with Crippen LogP contribution in [0.4, 0.5) is 11.9 Å². The summed E-state index contributed by atoms with van der Waals surface area (Å²) in [5.41, 5.74) is 0. The first-order valence-corrected chi connectivity index (χ1v) is 6.03. The van der Waals surface area contributed by atoms with E-state index in [1.807, 2.05) is 25.7 Å². The topological polar surface area (TPSA) is 83.4 Å². The highest BCUT2D eigenvalue weighted by Crippen LogP contribution is 2.16. The van der Waals surface area contributed by atoms with Gasteiger partial charge in [-0.1, -0.05) is 0 Å². The number of aromatic nitrogens is 3. The number of hydrogen-bond donors (Lipinski definition) is 2. The molecule has 0 saturated carbocycles. The second kappa shape index (κ2) is 6.95. The molecule has 0 unspecified atom stereocenters. The van der Waals surface area contributed by atoms with Crippen LogP contribution in [0.1, 0.15) is 20.8 Å². The van der Waals surface area contributed by atoms with E-state index in [0.29, 0.717) is 25.0 Å². The Morgan fingerprint density at radius 3 is 2.56 bits per heavy atom. The SMILES string of the molecule is CCNc1nc(OC)nc(N(CCO)C(C)C)n1. The Morgan fingerprint density at radius 1 is 1.33 bits per heavy atom. The summed E-state index contributed by atoms with van der Waals surface area (Å²) in [6.07, 6.45) is 0. The van der Waals surface area contributed by atoms with Gasteiger partial charge >= 0.3 is 6.01 Å². The molecule has 0 aliphatic rings. The van der Waals surface area contributed by atoms with Crippen molar-refractivity contribution in [1.29, 1.82) is 0 Å². The number of nitrogens with one attached hydrogen (secondary N) is 1. The van der Waals surface area contributed by atoms with Crippen molar-refractivity contribution in [3.05, 3.63) is 0 Å². The van der Waals surface area contributed by atoms with Crippen molar-refractivity contribution in [1.82, 2.24) is 15.0 Å². The highest BCUT2D eigenvalue weighted by atomic mass is 16.5. The van der Waals surface area contributed by atoms with Crippen LogP contribution in [-0.2, 0) is 0 Å². The van der Waals surface area contributed by atoms with Gasteiger partial charge in [-0.05, 0) is 20.8 Å². The number of aliphatic hydroxyl groups excluding tert-OH is 1. The van der Waals surface area contributed by atoms with E-state index in [1.54, 1.807) is 0 Å². The Morgan fingerprint density at radius 2 is 2.06 bits per heavy atom. The third kappa shape index (κ3) is 3.69. The van der Waals surface area contributed by atoms with Gasteiger partial charge in [-0.2, -0.15) is 15.0 Å². The fourth-order valence-electron chi connectivity index (χ4n) is 1.50. The molecule has 0 aliphatic heterocycles. The van der Waals surface area contributed by atoms with Crippen LogP contribution in [0.5, 0.6) is 6.01 Å². The minimum absolute atomic E-state index is 0.0444. The minimum atomic E-state index is 0.0444. The zero-order valence-corrected chi connectivity index (χ0v) is 11.3. The van der Waals surface area contributed by atoms with E-state index in [2.05, 4.69) is 20.3 Å². The van der Waals surface area contributed by atoms with Gasteiger partial charge in [0.2, 0.25) is 11.9 Å². The molecule has 1 heterocycles. The smallest absolute Gasteiger partial charge is 0.322 e. The number of ether oxygens (including phenoxy) is 1. The highest BCUT2D eigenvalue weighted by Gasteiger charge is 2.16. The second-order valence-electron chi connectivity index (χ2n) is 3.99. The van der Waals surface area contributed by atoms with Gasteiger partial charge in [0.05, 0.1) is 13.7 Å². The van der Waals surface area contributed by atoms with Crippen LogP contribution in [0.25, 0.3) is 0 Å². The van der Waals surface area contributed by atoms with Crippen molar-refractivity contribution in [3.63, 3.8) is 0 Å². The van der Waals surface area contributed by atoms with Gasteiger partial charge in [-0.3, -0.25) is 0 Å². The summed E-state index contributed by atoms with van der Waals surface area (Å²) in [6, 6.07) is 0.443. The monoisotopic (exact) mass is 255 g/mol. The average Bonchev–Trinajstić information content (AvgIpc) is 2.35. The summed E-state index contributed by atoms with van der Waals surface area (Å²) >= 11 is 0. The molecular formula is C11H21N5O2. The molecule has 0 saturated heterocycles. The Labute approximate surface area is 107 Å². The predicted octanol–water partition coefficient (Wildman–Crippen LogP) is 0.519. The van der Waals surface area contributed by atoms with E-state index in [9.17, 15) is 0 Å². The van der Waals surface area contributed by atoms with E-state index in [-0.39, 0.29) is 18.7 Å². The Kier molecular flexibility index (Phi) is 5.57. The van der Waals surface area contributed by atoms with Gasteiger partial charge in [0.15, 0.2) is 0 Å². The first-order valence-electron chi connectivity index (χ1n) is 6.03. The number of aliphatic hydroxyl groups is 1. The lowest BCUT2D eigenvalue weighted by Crippen LogP contribution is -2.35. The number of nitrogens with zero attached hydrogens (tertiary/aromatic N) is 4. The Hall–Kier alpha value is -1.63. The fraction of sp³-hybridized carbons (Fsp3) is 0.727. The van der Waals surface area contributed by atoms with Crippen LogP contribution in [0, 0.1) is 0 Å². The van der Waals surface area contributed by atoms with E-state index in [4.69, 9.17) is 9.84 Å². The maximum absolute atomic E-state index is 9.09. The normalized spacial score (nSPS) is 10.6. The summed E-state index contributed by atoms with van der Waals surface area (Å²) < 4.78 is 5.06. The maximum atomic E-state index is 9.09. The molecule has 0 amide bonds. The van der Waals surface area contributed by atoms with Gasteiger partial charge in [0, 0.05) is 19.1 Å². The summed E-state index contributed by atoms with van der Waals surface area (Å²) in [5.74, 6) is 0.977. The quantitative estimate of drug-likeness (QED) is 0.734. The predicted molar refractivity (Wildman–Crippen MR) is 70.1 cm³/mol. The Balaban J connectivity index is 3.07. The minimum Gasteiger partial charge on any atom is -0.467 e. The van der Waals surface area contributed by atoms with Crippen LogP contribution in [0.15, 0.2) is 0 Å². The maximum Gasteiger partial charge on any atom is 0.322 e. The fourth-order valence-corrected chi connectivity index (χ4v) is 1.50. The lowest BCUT2D eigenvalue weighted by Gasteiger charge is -2.26. The molecule has 0 atom stereocenters. The van der Waals surface area contributed by atoms with Gasteiger partial charge in [-0.25, -0.2) is 0 Å². The van der Waals surface area contributed by atoms with Gasteiger partial charge in [0.1, 0.15) is 0 Å². The van der Waals surface area contributed by atoms with E-state index in [0.717, 1.165) is 0 Å².